The molecular weight excluding hydrogens is 383 g/mol. The zero-order valence-corrected chi connectivity index (χ0v) is 14.2. The van der Waals surface area contributed by atoms with Gasteiger partial charge in [0, 0.05) is 15.8 Å². The molecule has 1 heterocycles. The maximum atomic E-state index is 12.6. The molecule has 0 saturated heterocycles. The zero-order chi connectivity index (χ0) is 19.8. The Bertz CT molecular complexity index is 1030. The lowest BCUT2D eigenvalue weighted by molar-refractivity contribution is -0.137. The summed E-state index contributed by atoms with van der Waals surface area (Å²) >= 11 is 1.03. The quantitative estimate of drug-likeness (QED) is 0.529. The lowest BCUT2D eigenvalue weighted by atomic mass is 10.1. The summed E-state index contributed by atoms with van der Waals surface area (Å²) in [5.41, 5.74) is 4.76. The van der Waals surface area contributed by atoms with Gasteiger partial charge in [-0.1, -0.05) is 0 Å². The predicted octanol–water partition coefficient (Wildman–Crippen LogP) is 4.37. The Labute approximate surface area is 154 Å². The van der Waals surface area contributed by atoms with Gasteiger partial charge in [0.25, 0.3) is 5.91 Å². The van der Waals surface area contributed by atoms with E-state index in [2.05, 4.69) is 10.6 Å². The number of hydrogen-bond acceptors (Lipinski definition) is 4. The van der Waals surface area contributed by atoms with E-state index in [1.54, 1.807) is 0 Å². The van der Waals surface area contributed by atoms with Crippen LogP contribution in [0.5, 0.6) is 5.75 Å². The van der Waals surface area contributed by atoms with Gasteiger partial charge in [0.05, 0.1) is 11.1 Å². The van der Waals surface area contributed by atoms with Crippen LogP contribution in [-0.2, 0) is 6.18 Å². The van der Waals surface area contributed by atoms with Crippen molar-refractivity contribution in [1.82, 2.24) is 0 Å². The summed E-state index contributed by atoms with van der Waals surface area (Å²) in [6, 6.07) is 7.45. The Balaban J connectivity index is 1.82. The number of alkyl halides is 3. The number of thiophene rings is 1. The average Bonchev–Trinajstić information content (AvgIpc) is 2.91. The summed E-state index contributed by atoms with van der Waals surface area (Å²) in [7, 11) is 0. The van der Waals surface area contributed by atoms with Crippen LogP contribution in [0, 0.1) is 0 Å². The number of carbonyl (C=O) groups is 2. The number of phenols is 1. The van der Waals surface area contributed by atoms with Gasteiger partial charge in [0.15, 0.2) is 0 Å². The molecule has 0 saturated carbocycles. The minimum Gasteiger partial charge on any atom is -0.508 e. The number of benzene rings is 2. The molecule has 3 amide bonds. The molecule has 2 aromatic carbocycles. The van der Waals surface area contributed by atoms with Crippen LogP contribution in [0.15, 0.2) is 42.5 Å². The first-order valence-electron chi connectivity index (χ1n) is 7.46. The van der Waals surface area contributed by atoms with Crippen molar-refractivity contribution in [2.75, 3.05) is 10.6 Å². The van der Waals surface area contributed by atoms with E-state index in [1.807, 2.05) is 0 Å². The number of nitrogens with two attached hydrogens (primary N) is 1. The second-order valence-corrected chi connectivity index (χ2v) is 6.56. The number of primary amides is 1. The third-order valence-corrected chi connectivity index (χ3v) is 4.69. The van der Waals surface area contributed by atoms with E-state index in [4.69, 9.17) is 5.73 Å². The molecule has 1 aromatic heterocycles. The number of phenolic OH excluding ortho intramolecular Hbond substituents is 1. The smallest absolute Gasteiger partial charge is 0.416 e. The normalized spacial score (nSPS) is 11.4. The highest BCUT2D eigenvalue weighted by molar-refractivity contribution is 7.23. The largest absolute Gasteiger partial charge is 0.508 e. The number of carbonyl (C=O) groups excluding carboxylic acids is 2. The fourth-order valence-corrected chi connectivity index (χ4v) is 3.56. The maximum absolute atomic E-state index is 12.6. The summed E-state index contributed by atoms with van der Waals surface area (Å²) in [5, 5.41) is 15.0. The molecule has 0 aliphatic rings. The Kier molecular flexibility index (Phi) is 4.66. The zero-order valence-electron chi connectivity index (χ0n) is 13.4. The second-order valence-electron chi connectivity index (χ2n) is 5.51. The van der Waals surface area contributed by atoms with E-state index in [1.165, 1.54) is 18.2 Å². The lowest BCUT2D eigenvalue weighted by Crippen LogP contribution is -2.21. The lowest BCUT2D eigenvalue weighted by Gasteiger charge is -2.09. The van der Waals surface area contributed by atoms with Crippen LogP contribution in [-0.4, -0.2) is 17.0 Å². The van der Waals surface area contributed by atoms with Crippen LogP contribution in [0.3, 0.4) is 0 Å². The first-order chi connectivity index (χ1) is 12.6. The van der Waals surface area contributed by atoms with Crippen LogP contribution in [0.1, 0.15) is 15.9 Å². The fraction of sp³-hybridized carbons (Fsp3) is 0.0588. The fourth-order valence-electron chi connectivity index (χ4n) is 2.43. The number of amides is 3. The molecule has 27 heavy (non-hydrogen) atoms. The number of rotatable bonds is 3. The van der Waals surface area contributed by atoms with Gasteiger partial charge in [-0.05, 0) is 42.5 Å². The van der Waals surface area contributed by atoms with Crippen LogP contribution in [0.25, 0.3) is 10.1 Å². The number of hydrogen-bond donors (Lipinski definition) is 4. The molecule has 0 atom stereocenters. The van der Waals surface area contributed by atoms with Crippen molar-refractivity contribution in [3.8, 4) is 5.75 Å². The van der Waals surface area contributed by atoms with Gasteiger partial charge < -0.3 is 16.2 Å². The molecule has 140 valence electrons. The molecule has 0 aliphatic carbocycles. The highest BCUT2D eigenvalue weighted by atomic mass is 32.1. The Morgan fingerprint density at radius 1 is 1.04 bits per heavy atom. The van der Waals surface area contributed by atoms with Gasteiger partial charge in [-0.2, -0.15) is 13.2 Å². The van der Waals surface area contributed by atoms with E-state index in [-0.39, 0.29) is 22.0 Å². The van der Waals surface area contributed by atoms with Gasteiger partial charge in [-0.15, -0.1) is 11.3 Å². The van der Waals surface area contributed by atoms with Gasteiger partial charge in [0.2, 0.25) is 0 Å². The molecule has 0 unspecified atom stereocenters. The van der Waals surface area contributed by atoms with Crippen molar-refractivity contribution in [2.45, 2.75) is 6.18 Å². The number of aromatic hydroxyl groups is 1. The number of urea groups is 1. The molecule has 0 spiro atoms. The maximum Gasteiger partial charge on any atom is 0.416 e. The predicted molar refractivity (Wildman–Crippen MR) is 96.1 cm³/mol. The summed E-state index contributed by atoms with van der Waals surface area (Å²) < 4.78 is 38.2. The van der Waals surface area contributed by atoms with Crippen LogP contribution in [0.2, 0.25) is 0 Å². The van der Waals surface area contributed by atoms with Crippen molar-refractivity contribution >= 4 is 44.0 Å². The van der Waals surface area contributed by atoms with Crippen molar-refractivity contribution in [2.24, 2.45) is 5.73 Å². The SMILES string of the molecule is NC(=O)c1c(NC(=O)Nc2ccc(C(F)(F)F)cc2)sc2cc(O)ccc12. The monoisotopic (exact) mass is 395 g/mol. The van der Waals surface area contributed by atoms with Crippen molar-refractivity contribution in [3.63, 3.8) is 0 Å². The molecule has 0 fully saturated rings. The van der Waals surface area contributed by atoms with Crippen molar-refractivity contribution in [1.29, 1.82) is 0 Å². The van der Waals surface area contributed by atoms with Gasteiger partial charge in [-0.25, -0.2) is 4.79 Å². The average molecular weight is 395 g/mol. The minimum atomic E-state index is -4.47. The highest BCUT2D eigenvalue weighted by Crippen LogP contribution is 2.37. The molecule has 6 nitrogen and oxygen atoms in total. The molecule has 0 bridgehead atoms. The summed E-state index contributed by atoms with van der Waals surface area (Å²) in [6.07, 6.45) is -4.47. The van der Waals surface area contributed by atoms with Gasteiger partial charge in [-0.3, -0.25) is 10.1 Å². The van der Waals surface area contributed by atoms with Crippen molar-refractivity contribution in [3.05, 3.63) is 53.6 Å². The first-order valence-corrected chi connectivity index (χ1v) is 8.27. The summed E-state index contributed by atoms with van der Waals surface area (Å²) in [5.74, 6) is -0.780. The molecule has 0 radical (unpaired) electrons. The Hall–Kier alpha value is -3.27. The Morgan fingerprint density at radius 3 is 2.30 bits per heavy atom. The van der Waals surface area contributed by atoms with Gasteiger partial charge in [0.1, 0.15) is 10.8 Å². The van der Waals surface area contributed by atoms with Gasteiger partial charge >= 0.3 is 12.2 Å². The first kappa shape index (κ1) is 18.5. The number of halogens is 3. The van der Waals surface area contributed by atoms with E-state index in [0.29, 0.717) is 10.1 Å². The van der Waals surface area contributed by atoms with Crippen LogP contribution in [0.4, 0.5) is 28.7 Å². The topological polar surface area (TPSA) is 104 Å². The third kappa shape index (κ3) is 3.95. The van der Waals surface area contributed by atoms with Crippen molar-refractivity contribution < 1.29 is 27.9 Å². The summed E-state index contributed by atoms with van der Waals surface area (Å²) in [6.45, 7) is 0. The van der Waals surface area contributed by atoms with Crippen LogP contribution >= 0.6 is 11.3 Å². The molecular formula is C17H12F3N3O3S. The highest BCUT2D eigenvalue weighted by Gasteiger charge is 2.30. The molecule has 5 N–H and O–H groups in total. The Morgan fingerprint density at radius 2 is 1.70 bits per heavy atom. The molecule has 3 aromatic rings. The van der Waals surface area contributed by atoms with E-state index < -0.39 is 23.7 Å². The third-order valence-electron chi connectivity index (χ3n) is 3.62. The van der Waals surface area contributed by atoms with E-state index in [9.17, 15) is 27.9 Å². The second kappa shape index (κ2) is 6.80. The number of fused-ring (bicyclic) bond motifs is 1. The molecule has 10 heteroatoms. The van der Waals surface area contributed by atoms with E-state index in [0.717, 1.165) is 35.6 Å². The minimum absolute atomic E-state index is 0.0134. The number of nitrogens with one attached hydrogen (secondary N) is 2. The molecule has 3 rings (SSSR count). The standard InChI is InChI=1S/C17H12F3N3O3S/c18-17(19,20)8-1-3-9(4-2-8)22-16(26)23-15-13(14(21)25)11-6-5-10(24)7-12(11)27-15/h1-7,24H,(H2,21,25)(H2,22,23,26). The van der Waals surface area contributed by atoms with Crippen LogP contribution < -0.4 is 16.4 Å². The number of anilines is 2. The summed E-state index contributed by atoms with van der Waals surface area (Å²) in [4.78, 5) is 23.9. The van der Waals surface area contributed by atoms with E-state index >= 15 is 0 Å². The molecule has 0 aliphatic heterocycles.